The molecule has 1 aliphatic carbocycles. The molecule has 1 unspecified atom stereocenters. The topological polar surface area (TPSA) is 33.6 Å². The molecule has 1 aliphatic heterocycles. The molecule has 1 aromatic rings. The molecule has 1 atom stereocenters. The van der Waals surface area contributed by atoms with Crippen molar-refractivity contribution in [1.82, 2.24) is 5.32 Å². The van der Waals surface area contributed by atoms with Gasteiger partial charge in [-0.15, -0.1) is 0 Å². The number of hydrogen-bond donors (Lipinski definition) is 1. The van der Waals surface area contributed by atoms with Gasteiger partial charge in [0.05, 0.1) is 13.7 Å². The summed E-state index contributed by atoms with van der Waals surface area (Å²) in [6.07, 6.45) is 2.31. The minimum absolute atomic E-state index is 0.489. The maximum Gasteiger partial charge on any atom is 0.119 e. The number of hydrogen-bond acceptors (Lipinski definition) is 3. The lowest BCUT2D eigenvalue weighted by molar-refractivity contribution is 0.414. The summed E-state index contributed by atoms with van der Waals surface area (Å²) >= 11 is 0. The zero-order valence-electron chi connectivity index (χ0n) is 9.49. The van der Waals surface area contributed by atoms with Crippen LogP contribution in [0.5, 0.6) is 5.75 Å². The van der Waals surface area contributed by atoms with Gasteiger partial charge in [-0.3, -0.25) is 4.99 Å². The molecule has 2 aliphatic rings. The highest BCUT2D eigenvalue weighted by atomic mass is 16.5. The lowest BCUT2D eigenvalue weighted by atomic mass is 10.00. The van der Waals surface area contributed by atoms with Crippen LogP contribution in [0.4, 0.5) is 0 Å². The summed E-state index contributed by atoms with van der Waals surface area (Å²) < 4.78 is 5.25. The molecule has 1 aromatic carbocycles. The molecule has 0 aromatic heterocycles. The molecule has 0 saturated carbocycles. The van der Waals surface area contributed by atoms with Gasteiger partial charge < -0.3 is 10.1 Å². The monoisotopic (exact) mass is 216 g/mol. The third-order valence-corrected chi connectivity index (χ3v) is 3.46. The first-order valence-electron chi connectivity index (χ1n) is 5.83. The lowest BCUT2D eigenvalue weighted by Crippen LogP contribution is -2.24. The Labute approximate surface area is 95.5 Å². The molecule has 0 saturated heterocycles. The minimum atomic E-state index is 0.489. The Morgan fingerprint density at radius 1 is 1.44 bits per heavy atom. The summed E-state index contributed by atoms with van der Waals surface area (Å²) in [5.74, 6) is 2.63. The third kappa shape index (κ3) is 1.47. The molecular weight excluding hydrogens is 200 g/mol. The summed E-state index contributed by atoms with van der Waals surface area (Å²) in [7, 11) is 1.72. The first-order valence-corrected chi connectivity index (χ1v) is 5.83. The molecular formula is C13H16N2O. The van der Waals surface area contributed by atoms with E-state index in [1.807, 2.05) is 6.07 Å². The molecule has 0 fully saturated rings. The van der Waals surface area contributed by atoms with E-state index in [-0.39, 0.29) is 0 Å². The Morgan fingerprint density at radius 3 is 3.12 bits per heavy atom. The Balaban J connectivity index is 1.93. The molecule has 0 bridgehead atoms. The van der Waals surface area contributed by atoms with Crippen LogP contribution in [0, 0.1) is 0 Å². The predicted octanol–water partition coefficient (Wildman–Crippen LogP) is 1.73. The number of nitrogens with zero attached hydrogens (tertiary/aromatic N) is 1. The van der Waals surface area contributed by atoms with Crippen molar-refractivity contribution in [2.24, 2.45) is 4.99 Å². The van der Waals surface area contributed by atoms with Crippen LogP contribution >= 0.6 is 0 Å². The maximum absolute atomic E-state index is 5.25. The molecule has 1 N–H and O–H groups in total. The molecule has 16 heavy (non-hydrogen) atoms. The Morgan fingerprint density at radius 2 is 2.38 bits per heavy atom. The highest BCUT2D eigenvalue weighted by Gasteiger charge is 2.28. The van der Waals surface area contributed by atoms with Crippen molar-refractivity contribution in [3.8, 4) is 5.75 Å². The number of aryl methyl sites for hydroxylation is 1. The van der Waals surface area contributed by atoms with Crippen molar-refractivity contribution >= 4 is 5.84 Å². The molecule has 0 radical (unpaired) electrons. The summed E-state index contributed by atoms with van der Waals surface area (Å²) in [6, 6.07) is 6.39. The van der Waals surface area contributed by atoms with E-state index in [2.05, 4.69) is 22.4 Å². The number of methoxy groups -OCH3 is 1. The van der Waals surface area contributed by atoms with Crippen LogP contribution in [0.1, 0.15) is 23.5 Å². The van der Waals surface area contributed by atoms with Crippen LogP contribution in [0.2, 0.25) is 0 Å². The number of aliphatic imine (C=N–C) groups is 1. The van der Waals surface area contributed by atoms with Crippen molar-refractivity contribution in [3.05, 3.63) is 29.3 Å². The fraction of sp³-hybridized carbons (Fsp3) is 0.462. The van der Waals surface area contributed by atoms with Gasteiger partial charge in [-0.05, 0) is 36.1 Å². The molecule has 84 valence electrons. The molecule has 0 spiro atoms. The highest BCUT2D eigenvalue weighted by molar-refractivity contribution is 5.91. The van der Waals surface area contributed by atoms with Crippen LogP contribution in [0.25, 0.3) is 0 Å². The Hall–Kier alpha value is -1.51. The Bertz CT molecular complexity index is 440. The van der Waals surface area contributed by atoms with Crippen LogP contribution < -0.4 is 10.1 Å². The van der Waals surface area contributed by atoms with Gasteiger partial charge in [0, 0.05) is 12.5 Å². The van der Waals surface area contributed by atoms with Crippen LogP contribution in [0.3, 0.4) is 0 Å². The average molecular weight is 216 g/mol. The summed E-state index contributed by atoms with van der Waals surface area (Å²) in [5, 5.41) is 3.39. The fourth-order valence-electron chi connectivity index (χ4n) is 2.65. The molecule has 3 nitrogen and oxygen atoms in total. The van der Waals surface area contributed by atoms with E-state index in [4.69, 9.17) is 4.74 Å². The van der Waals surface area contributed by atoms with Gasteiger partial charge in [-0.1, -0.05) is 6.07 Å². The van der Waals surface area contributed by atoms with E-state index >= 15 is 0 Å². The van der Waals surface area contributed by atoms with E-state index in [1.54, 1.807) is 7.11 Å². The van der Waals surface area contributed by atoms with Crippen molar-refractivity contribution in [3.63, 3.8) is 0 Å². The van der Waals surface area contributed by atoms with Crippen LogP contribution in [-0.2, 0) is 6.42 Å². The second-order valence-corrected chi connectivity index (χ2v) is 4.35. The quantitative estimate of drug-likeness (QED) is 0.816. The van der Waals surface area contributed by atoms with Gasteiger partial charge in [0.15, 0.2) is 0 Å². The van der Waals surface area contributed by atoms with Gasteiger partial charge in [0.25, 0.3) is 0 Å². The average Bonchev–Trinajstić information content (AvgIpc) is 2.96. The third-order valence-electron chi connectivity index (χ3n) is 3.46. The predicted molar refractivity (Wildman–Crippen MR) is 64.4 cm³/mol. The van der Waals surface area contributed by atoms with Crippen molar-refractivity contribution < 1.29 is 4.74 Å². The maximum atomic E-state index is 5.25. The smallest absolute Gasteiger partial charge is 0.119 e. The highest BCUT2D eigenvalue weighted by Crippen LogP contribution is 2.36. The standard InChI is InChI=1S/C13H16N2O/c1-16-10-3-5-11-9(8-10)2-4-12(11)13-14-6-7-15-13/h3,5,8,12H,2,4,6-7H2,1H3,(H,14,15). The summed E-state index contributed by atoms with van der Waals surface area (Å²) in [6.45, 7) is 1.93. The number of ether oxygens (including phenoxy) is 1. The fourth-order valence-corrected chi connectivity index (χ4v) is 2.65. The second-order valence-electron chi connectivity index (χ2n) is 4.35. The Kier molecular flexibility index (Phi) is 2.31. The van der Waals surface area contributed by atoms with Gasteiger partial charge in [0.1, 0.15) is 11.6 Å². The molecule has 1 heterocycles. The number of rotatable bonds is 2. The molecule has 0 amide bonds. The van der Waals surface area contributed by atoms with E-state index in [1.165, 1.54) is 23.4 Å². The number of amidine groups is 1. The normalized spacial score (nSPS) is 22.6. The van der Waals surface area contributed by atoms with Gasteiger partial charge in [0.2, 0.25) is 0 Å². The largest absolute Gasteiger partial charge is 0.497 e. The number of nitrogens with one attached hydrogen (secondary N) is 1. The first-order chi connectivity index (χ1) is 7.88. The van der Waals surface area contributed by atoms with Crippen molar-refractivity contribution in [2.75, 3.05) is 20.2 Å². The van der Waals surface area contributed by atoms with E-state index < -0.39 is 0 Å². The van der Waals surface area contributed by atoms with Crippen LogP contribution in [-0.4, -0.2) is 26.0 Å². The number of benzene rings is 1. The van der Waals surface area contributed by atoms with Gasteiger partial charge >= 0.3 is 0 Å². The number of fused-ring (bicyclic) bond motifs is 1. The SMILES string of the molecule is COc1ccc2c(c1)CCC2C1=NCCN1. The van der Waals surface area contributed by atoms with E-state index in [9.17, 15) is 0 Å². The van der Waals surface area contributed by atoms with Crippen molar-refractivity contribution in [2.45, 2.75) is 18.8 Å². The molecule has 3 heteroatoms. The zero-order valence-corrected chi connectivity index (χ0v) is 9.49. The summed E-state index contributed by atoms with van der Waals surface area (Å²) in [4.78, 5) is 4.53. The van der Waals surface area contributed by atoms with E-state index in [0.717, 1.165) is 25.3 Å². The minimum Gasteiger partial charge on any atom is -0.497 e. The second kappa shape index (κ2) is 3.81. The van der Waals surface area contributed by atoms with E-state index in [0.29, 0.717) is 5.92 Å². The molecule has 3 rings (SSSR count). The van der Waals surface area contributed by atoms with Gasteiger partial charge in [-0.2, -0.15) is 0 Å². The summed E-state index contributed by atoms with van der Waals surface area (Å²) in [5.41, 5.74) is 2.84. The lowest BCUT2D eigenvalue weighted by Gasteiger charge is -2.12. The van der Waals surface area contributed by atoms with Crippen LogP contribution in [0.15, 0.2) is 23.2 Å². The first kappa shape index (κ1) is 9.70. The van der Waals surface area contributed by atoms with Crippen molar-refractivity contribution in [1.29, 1.82) is 0 Å². The zero-order chi connectivity index (χ0) is 11.0. The van der Waals surface area contributed by atoms with Gasteiger partial charge in [-0.25, -0.2) is 0 Å².